The SMILES string of the molecule is O[B]Oc1ccc2[nH]ncc2c1. The Morgan fingerprint density at radius 3 is 3.25 bits per heavy atom. The molecule has 2 aromatic rings. The fourth-order valence-electron chi connectivity index (χ4n) is 1.05. The second-order valence-corrected chi connectivity index (χ2v) is 2.34. The van der Waals surface area contributed by atoms with E-state index >= 15 is 0 Å². The number of H-pyrrole nitrogens is 1. The highest BCUT2D eigenvalue weighted by Crippen LogP contribution is 2.17. The van der Waals surface area contributed by atoms with Crippen molar-refractivity contribution in [2.45, 2.75) is 0 Å². The molecule has 4 nitrogen and oxygen atoms in total. The Hall–Kier alpha value is -1.49. The molecule has 0 aliphatic carbocycles. The van der Waals surface area contributed by atoms with Crippen molar-refractivity contribution in [1.82, 2.24) is 10.2 Å². The number of benzene rings is 1. The lowest BCUT2D eigenvalue weighted by atomic mass is 10.2. The van der Waals surface area contributed by atoms with Crippen molar-refractivity contribution in [2.24, 2.45) is 0 Å². The third-order valence-electron chi connectivity index (χ3n) is 1.60. The Bertz CT molecular complexity index is 388. The van der Waals surface area contributed by atoms with Gasteiger partial charge in [-0.2, -0.15) is 5.10 Å². The van der Waals surface area contributed by atoms with Crippen LogP contribution in [0.25, 0.3) is 10.9 Å². The van der Waals surface area contributed by atoms with Crippen molar-refractivity contribution in [3.05, 3.63) is 24.4 Å². The number of aromatic nitrogens is 2. The van der Waals surface area contributed by atoms with Gasteiger partial charge in [0.2, 0.25) is 0 Å². The summed E-state index contributed by atoms with van der Waals surface area (Å²) in [6, 6.07) is 5.36. The van der Waals surface area contributed by atoms with Gasteiger partial charge in [-0.1, -0.05) is 0 Å². The third-order valence-corrected chi connectivity index (χ3v) is 1.60. The number of fused-ring (bicyclic) bond motifs is 1. The summed E-state index contributed by atoms with van der Waals surface area (Å²) in [6.45, 7) is 0. The highest BCUT2D eigenvalue weighted by molar-refractivity contribution is 6.17. The Morgan fingerprint density at radius 1 is 1.50 bits per heavy atom. The Labute approximate surface area is 69.5 Å². The summed E-state index contributed by atoms with van der Waals surface area (Å²) in [5.41, 5.74) is 0.945. The van der Waals surface area contributed by atoms with E-state index in [-0.39, 0.29) is 0 Å². The van der Waals surface area contributed by atoms with Crippen molar-refractivity contribution in [3.8, 4) is 5.75 Å². The second-order valence-electron chi connectivity index (χ2n) is 2.34. The Balaban J connectivity index is 2.46. The van der Waals surface area contributed by atoms with Gasteiger partial charge in [0, 0.05) is 5.39 Å². The molecule has 1 aromatic carbocycles. The normalized spacial score (nSPS) is 10.1. The van der Waals surface area contributed by atoms with Gasteiger partial charge in [-0.25, -0.2) is 0 Å². The molecular formula is C7H6BN2O2. The Kier molecular flexibility index (Phi) is 1.71. The molecule has 2 rings (SSSR count). The molecule has 12 heavy (non-hydrogen) atoms. The molecule has 5 heteroatoms. The van der Waals surface area contributed by atoms with Crippen LogP contribution >= 0.6 is 0 Å². The van der Waals surface area contributed by atoms with Crippen LogP contribution in [-0.2, 0) is 0 Å². The number of nitrogens with zero attached hydrogens (tertiary/aromatic N) is 1. The number of aromatic amines is 1. The minimum atomic E-state index is 0.589. The van der Waals surface area contributed by atoms with Gasteiger partial charge >= 0.3 is 7.69 Å². The quantitative estimate of drug-likeness (QED) is 0.629. The zero-order chi connectivity index (χ0) is 8.39. The predicted octanol–water partition coefficient (Wildman–Crippen LogP) is 0.468. The van der Waals surface area contributed by atoms with Crippen LogP contribution in [0.3, 0.4) is 0 Å². The number of hydrogen-bond donors (Lipinski definition) is 2. The largest absolute Gasteiger partial charge is 0.569 e. The first kappa shape index (κ1) is 7.18. The van der Waals surface area contributed by atoms with E-state index in [1.807, 2.05) is 6.07 Å². The predicted molar refractivity (Wildman–Crippen MR) is 44.7 cm³/mol. The van der Waals surface area contributed by atoms with E-state index in [0.717, 1.165) is 10.9 Å². The average Bonchev–Trinajstić information content (AvgIpc) is 2.51. The maximum Gasteiger partial charge on any atom is 0.569 e. The van der Waals surface area contributed by atoms with Crippen LogP contribution in [0.2, 0.25) is 0 Å². The smallest absolute Gasteiger partial charge is 0.537 e. The summed E-state index contributed by atoms with van der Waals surface area (Å²) in [4.78, 5) is 0. The fraction of sp³-hybridized carbons (Fsp3) is 0. The first-order valence-electron chi connectivity index (χ1n) is 3.46. The highest BCUT2D eigenvalue weighted by Gasteiger charge is 1.98. The van der Waals surface area contributed by atoms with Crippen molar-refractivity contribution in [1.29, 1.82) is 0 Å². The average molecular weight is 161 g/mol. The monoisotopic (exact) mass is 161 g/mol. The molecule has 0 aliphatic rings. The van der Waals surface area contributed by atoms with Crippen LogP contribution in [0.4, 0.5) is 0 Å². The summed E-state index contributed by atoms with van der Waals surface area (Å²) in [7, 11) is 0.654. The van der Waals surface area contributed by atoms with Gasteiger partial charge in [0.15, 0.2) is 0 Å². The molecule has 0 aliphatic heterocycles. The minimum Gasteiger partial charge on any atom is -0.537 e. The zero-order valence-electron chi connectivity index (χ0n) is 6.19. The lowest BCUT2D eigenvalue weighted by Crippen LogP contribution is -1.98. The van der Waals surface area contributed by atoms with E-state index < -0.39 is 0 Å². The van der Waals surface area contributed by atoms with Gasteiger partial charge < -0.3 is 9.68 Å². The first-order valence-corrected chi connectivity index (χ1v) is 3.46. The van der Waals surface area contributed by atoms with Gasteiger partial charge in [0.05, 0.1) is 11.7 Å². The van der Waals surface area contributed by atoms with Crippen molar-refractivity contribution < 1.29 is 9.68 Å². The number of hydrogen-bond acceptors (Lipinski definition) is 3. The van der Waals surface area contributed by atoms with Crippen LogP contribution in [0.1, 0.15) is 0 Å². The van der Waals surface area contributed by atoms with Crippen LogP contribution in [-0.4, -0.2) is 22.9 Å². The summed E-state index contributed by atoms with van der Waals surface area (Å²) >= 11 is 0. The topological polar surface area (TPSA) is 58.1 Å². The molecule has 0 bridgehead atoms. The maximum atomic E-state index is 8.37. The lowest BCUT2D eigenvalue weighted by Gasteiger charge is -1.99. The molecule has 0 saturated heterocycles. The standard InChI is InChI=1S/C7H6BN2O2/c11-8-12-6-1-2-7-5(3-6)4-9-10-7/h1-4,11H,(H,9,10). The summed E-state index contributed by atoms with van der Waals surface area (Å²) < 4.78 is 4.77. The van der Waals surface area contributed by atoms with Gasteiger partial charge in [-0.05, 0) is 18.2 Å². The molecule has 0 unspecified atom stereocenters. The van der Waals surface area contributed by atoms with Crippen LogP contribution in [0.5, 0.6) is 5.75 Å². The van der Waals surface area contributed by atoms with Crippen molar-refractivity contribution in [3.63, 3.8) is 0 Å². The van der Waals surface area contributed by atoms with Crippen LogP contribution < -0.4 is 4.65 Å². The molecule has 1 heterocycles. The van der Waals surface area contributed by atoms with Crippen molar-refractivity contribution >= 4 is 18.6 Å². The number of rotatable bonds is 2. The molecule has 0 fully saturated rings. The van der Waals surface area contributed by atoms with E-state index in [1.54, 1.807) is 18.3 Å². The van der Waals surface area contributed by atoms with E-state index in [2.05, 4.69) is 10.2 Å². The van der Waals surface area contributed by atoms with E-state index in [9.17, 15) is 0 Å². The molecule has 2 N–H and O–H groups in total. The first-order chi connectivity index (χ1) is 5.90. The molecule has 0 spiro atoms. The van der Waals surface area contributed by atoms with Gasteiger partial charge in [-0.3, -0.25) is 5.10 Å². The molecular weight excluding hydrogens is 155 g/mol. The van der Waals surface area contributed by atoms with E-state index in [1.165, 1.54) is 0 Å². The molecule has 59 valence electrons. The van der Waals surface area contributed by atoms with E-state index in [4.69, 9.17) is 9.68 Å². The lowest BCUT2D eigenvalue weighted by molar-refractivity contribution is 0.454. The molecule has 0 atom stereocenters. The van der Waals surface area contributed by atoms with Gasteiger partial charge in [-0.15, -0.1) is 0 Å². The summed E-state index contributed by atoms with van der Waals surface area (Å²) in [5, 5.41) is 16.0. The zero-order valence-corrected chi connectivity index (χ0v) is 6.19. The Morgan fingerprint density at radius 2 is 2.42 bits per heavy atom. The van der Waals surface area contributed by atoms with Crippen molar-refractivity contribution in [2.75, 3.05) is 0 Å². The fourth-order valence-corrected chi connectivity index (χ4v) is 1.05. The third kappa shape index (κ3) is 1.14. The van der Waals surface area contributed by atoms with E-state index in [0.29, 0.717) is 13.4 Å². The number of nitrogens with one attached hydrogen (secondary N) is 1. The molecule has 1 aromatic heterocycles. The second kappa shape index (κ2) is 2.87. The maximum absolute atomic E-state index is 8.37. The molecule has 1 radical (unpaired) electrons. The van der Waals surface area contributed by atoms with Gasteiger partial charge in [0.25, 0.3) is 0 Å². The highest BCUT2D eigenvalue weighted by atomic mass is 16.5. The summed E-state index contributed by atoms with van der Waals surface area (Å²) in [6.07, 6.45) is 1.69. The molecule has 0 saturated carbocycles. The molecule has 0 amide bonds. The minimum absolute atomic E-state index is 0.589. The summed E-state index contributed by atoms with van der Waals surface area (Å²) in [5.74, 6) is 0.589. The van der Waals surface area contributed by atoms with Gasteiger partial charge in [0.1, 0.15) is 5.75 Å². The van der Waals surface area contributed by atoms with Crippen LogP contribution in [0.15, 0.2) is 24.4 Å². The van der Waals surface area contributed by atoms with Crippen LogP contribution in [0, 0.1) is 0 Å².